The molecule has 25 heavy (non-hydrogen) atoms. The van der Waals surface area contributed by atoms with E-state index in [1.165, 1.54) is 18.1 Å². The van der Waals surface area contributed by atoms with Gasteiger partial charge in [-0.2, -0.15) is 0 Å². The molecule has 0 atom stereocenters. The van der Waals surface area contributed by atoms with Crippen LogP contribution in [-0.4, -0.2) is 62.4 Å². The summed E-state index contributed by atoms with van der Waals surface area (Å²) in [7, 11) is 3.09. The zero-order chi connectivity index (χ0) is 18.7. The van der Waals surface area contributed by atoms with Gasteiger partial charge in [0.25, 0.3) is 0 Å². The summed E-state index contributed by atoms with van der Waals surface area (Å²) in [4.78, 5) is 25.1. The first-order chi connectivity index (χ1) is 12.0. The molecule has 1 aromatic rings. The van der Waals surface area contributed by atoms with Crippen LogP contribution in [0.5, 0.6) is 11.5 Å². The van der Waals surface area contributed by atoms with Crippen molar-refractivity contribution in [2.75, 3.05) is 40.5 Å². The largest absolute Gasteiger partial charge is 0.493 e. The minimum Gasteiger partial charge on any atom is -0.493 e. The van der Waals surface area contributed by atoms with E-state index in [1.807, 2.05) is 0 Å². The lowest BCUT2D eigenvalue weighted by Gasteiger charge is -2.19. The molecule has 0 saturated carbocycles. The van der Waals surface area contributed by atoms with Crippen molar-refractivity contribution >= 4 is 18.0 Å². The van der Waals surface area contributed by atoms with Gasteiger partial charge in [0.1, 0.15) is 0 Å². The topological polar surface area (TPSA) is 85.3 Å². The lowest BCUT2D eigenvalue weighted by Crippen LogP contribution is -2.34. The molecule has 0 unspecified atom stereocenters. The number of carbonyl (C=O) groups excluding carboxylic acids is 2. The van der Waals surface area contributed by atoms with Crippen LogP contribution in [0.25, 0.3) is 6.08 Å². The highest BCUT2D eigenvalue weighted by molar-refractivity contribution is 5.92. The predicted octanol–water partition coefficient (Wildman–Crippen LogP) is 1.49. The molecule has 0 aromatic heterocycles. The lowest BCUT2D eigenvalue weighted by atomic mass is 10.2. The smallest absolute Gasteiger partial charge is 0.307 e. The quantitative estimate of drug-likeness (QED) is 0.508. The molecule has 138 valence electrons. The zero-order valence-corrected chi connectivity index (χ0v) is 14.9. The lowest BCUT2D eigenvalue weighted by molar-refractivity contribution is -0.143. The number of rotatable bonds is 10. The van der Waals surface area contributed by atoms with Gasteiger partial charge in [0.15, 0.2) is 11.5 Å². The van der Waals surface area contributed by atoms with Crippen molar-refractivity contribution in [1.82, 2.24) is 4.90 Å². The zero-order valence-electron chi connectivity index (χ0n) is 14.9. The first-order valence-electron chi connectivity index (χ1n) is 8.01. The predicted molar refractivity (Wildman–Crippen MR) is 93.5 cm³/mol. The van der Waals surface area contributed by atoms with Crippen LogP contribution in [0.1, 0.15) is 18.9 Å². The molecule has 0 saturated heterocycles. The van der Waals surface area contributed by atoms with Crippen LogP contribution in [0.3, 0.4) is 0 Å². The Morgan fingerprint density at radius 3 is 2.48 bits per heavy atom. The number of carbonyl (C=O) groups is 2. The normalized spacial score (nSPS) is 10.6. The number of amides is 1. The fourth-order valence-electron chi connectivity index (χ4n) is 2.14. The number of esters is 1. The van der Waals surface area contributed by atoms with E-state index < -0.39 is 0 Å². The van der Waals surface area contributed by atoms with Crippen molar-refractivity contribution in [3.05, 3.63) is 29.8 Å². The molecule has 0 aliphatic rings. The van der Waals surface area contributed by atoms with E-state index in [1.54, 1.807) is 38.3 Å². The molecule has 0 fully saturated rings. The molecule has 1 aromatic carbocycles. The number of hydrogen-bond donors (Lipinski definition) is 1. The molecule has 7 nitrogen and oxygen atoms in total. The minimum atomic E-state index is -0.373. The molecule has 0 heterocycles. The maximum atomic E-state index is 12.3. The number of aliphatic hydroxyl groups is 1. The highest BCUT2D eigenvalue weighted by Gasteiger charge is 2.13. The number of ether oxygens (including phenoxy) is 3. The monoisotopic (exact) mass is 351 g/mol. The van der Waals surface area contributed by atoms with E-state index in [4.69, 9.17) is 19.3 Å². The molecule has 1 rings (SSSR count). The van der Waals surface area contributed by atoms with E-state index in [2.05, 4.69) is 0 Å². The van der Waals surface area contributed by atoms with E-state index in [9.17, 15) is 9.59 Å². The first kappa shape index (κ1) is 20.5. The average Bonchev–Trinajstić information content (AvgIpc) is 2.63. The van der Waals surface area contributed by atoms with Crippen LogP contribution in [0.4, 0.5) is 0 Å². The summed E-state index contributed by atoms with van der Waals surface area (Å²) in [5, 5.41) is 9.10. The van der Waals surface area contributed by atoms with Crippen LogP contribution >= 0.6 is 0 Å². The Kier molecular flexibility index (Phi) is 9.10. The van der Waals surface area contributed by atoms with Gasteiger partial charge in [-0.1, -0.05) is 6.07 Å². The summed E-state index contributed by atoms with van der Waals surface area (Å²) in [6.07, 6.45) is 3.12. The molecule has 1 N–H and O–H groups in total. The SMILES string of the molecule is CCOC(=O)CCN(CCO)C(=O)/C=C/c1ccc(OC)c(OC)c1. The van der Waals surface area contributed by atoms with Gasteiger partial charge in [-0.05, 0) is 30.7 Å². The number of benzene rings is 1. The fourth-order valence-corrected chi connectivity index (χ4v) is 2.14. The maximum absolute atomic E-state index is 12.3. The Labute approximate surface area is 147 Å². The summed E-state index contributed by atoms with van der Waals surface area (Å²) in [6.45, 7) is 2.17. The average molecular weight is 351 g/mol. The molecular weight excluding hydrogens is 326 g/mol. The molecule has 7 heteroatoms. The Hall–Kier alpha value is -2.54. The van der Waals surface area contributed by atoms with Gasteiger partial charge in [0.2, 0.25) is 5.91 Å². The minimum absolute atomic E-state index is 0.0871. The third kappa shape index (κ3) is 6.84. The Balaban J connectivity index is 2.75. The van der Waals surface area contributed by atoms with Gasteiger partial charge in [-0.25, -0.2) is 0 Å². The van der Waals surface area contributed by atoms with Crippen molar-refractivity contribution in [2.24, 2.45) is 0 Å². The van der Waals surface area contributed by atoms with Gasteiger partial charge in [0, 0.05) is 19.2 Å². The standard InChI is InChI=1S/C18H25NO6/c1-4-25-18(22)9-10-19(11-12-20)17(21)8-6-14-5-7-15(23-2)16(13-14)24-3/h5-8,13,20H,4,9-12H2,1-3H3/b8-6+. The summed E-state index contributed by atoms with van der Waals surface area (Å²) < 4.78 is 15.2. The fraction of sp³-hybridized carbons (Fsp3) is 0.444. The van der Waals surface area contributed by atoms with Crippen molar-refractivity contribution in [3.8, 4) is 11.5 Å². The number of aliphatic hydroxyl groups excluding tert-OH is 1. The van der Waals surface area contributed by atoms with Crippen molar-refractivity contribution < 1.29 is 28.9 Å². The highest BCUT2D eigenvalue weighted by atomic mass is 16.5. The van der Waals surface area contributed by atoms with E-state index >= 15 is 0 Å². The molecule has 0 aliphatic carbocycles. The second-order valence-corrected chi connectivity index (χ2v) is 5.05. The van der Waals surface area contributed by atoms with E-state index in [0.29, 0.717) is 18.1 Å². The van der Waals surface area contributed by atoms with Crippen molar-refractivity contribution in [3.63, 3.8) is 0 Å². The maximum Gasteiger partial charge on any atom is 0.307 e. The van der Waals surface area contributed by atoms with Gasteiger partial charge >= 0.3 is 5.97 Å². The second-order valence-electron chi connectivity index (χ2n) is 5.05. The summed E-state index contributed by atoms with van der Waals surface area (Å²) in [5.74, 6) is 0.490. The number of nitrogens with zero attached hydrogens (tertiary/aromatic N) is 1. The van der Waals surface area contributed by atoms with Crippen LogP contribution in [0.2, 0.25) is 0 Å². The first-order valence-corrected chi connectivity index (χ1v) is 8.01. The third-order valence-electron chi connectivity index (χ3n) is 3.40. The Bertz CT molecular complexity index is 599. The van der Waals surface area contributed by atoms with Crippen LogP contribution < -0.4 is 9.47 Å². The Morgan fingerprint density at radius 1 is 1.16 bits per heavy atom. The van der Waals surface area contributed by atoms with Gasteiger partial charge < -0.3 is 24.2 Å². The third-order valence-corrected chi connectivity index (χ3v) is 3.40. The summed E-state index contributed by atoms with van der Waals surface area (Å²) in [6, 6.07) is 5.28. The molecule has 0 aliphatic heterocycles. The summed E-state index contributed by atoms with van der Waals surface area (Å²) in [5.41, 5.74) is 0.764. The molecule has 0 radical (unpaired) electrons. The highest BCUT2D eigenvalue weighted by Crippen LogP contribution is 2.27. The molecule has 0 bridgehead atoms. The van der Waals surface area contributed by atoms with Gasteiger partial charge in [-0.15, -0.1) is 0 Å². The molecule has 0 spiro atoms. The number of hydrogen-bond acceptors (Lipinski definition) is 6. The second kappa shape index (κ2) is 11.1. The van der Waals surface area contributed by atoms with Gasteiger partial charge in [0.05, 0.1) is 33.9 Å². The van der Waals surface area contributed by atoms with E-state index in [0.717, 1.165) is 5.56 Å². The number of methoxy groups -OCH3 is 2. The van der Waals surface area contributed by atoms with Crippen molar-refractivity contribution in [2.45, 2.75) is 13.3 Å². The Morgan fingerprint density at radius 2 is 1.88 bits per heavy atom. The van der Waals surface area contributed by atoms with Crippen LogP contribution in [-0.2, 0) is 14.3 Å². The van der Waals surface area contributed by atoms with Crippen molar-refractivity contribution in [1.29, 1.82) is 0 Å². The molecular formula is C18H25NO6. The van der Waals surface area contributed by atoms with E-state index in [-0.39, 0.29) is 38.0 Å². The van der Waals surface area contributed by atoms with Gasteiger partial charge in [-0.3, -0.25) is 9.59 Å². The molecule has 1 amide bonds. The summed E-state index contributed by atoms with van der Waals surface area (Å²) >= 11 is 0. The van der Waals surface area contributed by atoms with Crippen LogP contribution in [0.15, 0.2) is 24.3 Å². The van der Waals surface area contributed by atoms with Crippen LogP contribution in [0, 0.1) is 0 Å².